The van der Waals surface area contributed by atoms with Gasteiger partial charge in [-0.15, -0.1) is 22.7 Å². The number of carbonyl (C=O) groups excluding carboxylic acids is 1. The van der Waals surface area contributed by atoms with Crippen LogP contribution in [0.4, 0.5) is 0 Å². The molecule has 1 N–H and O–H groups in total. The van der Waals surface area contributed by atoms with Gasteiger partial charge in [0.05, 0.1) is 10.9 Å². The van der Waals surface area contributed by atoms with Crippen molar-refractivity contribution in [2.45, 2.75) is 26.8 Å². The van der Waals surface area contributed by atoms with Crippen molar-refractivity contribution in [2.24, 2.45) is 0 Å². The summed E-state index contributed by atoms with van der Waals surface area (Å²) < 4.78 is 0. The summed E-state index contributed by atoms with van der Waals surface area (Å²) in [4.78, 5) is 15.2. The standard InChI is InChI=1S/C13H15NOS2/c1-8-7-12(17-10(8)3)13(15)14-9(2)11-5-4-6-16-11/h4-7,9H,1-3H3,(H,14,15). The molecule has 4 heteroatoms. The van der Waals surface area contributed by atoms with E-state index in [2.05, 4.69) is 5.32 Å². The number of nitrogens with one attached hydrogen (secondary N) is 1. The summed E-state index contributed by atoms with van der Waals surface area (Å²) >= 11 is 3.22. The summed E-state index contributed by atoms with van der Waals surface area (Å²) in [5.74, 6) is 0.0205. The normalized spacial score (nSPS) is 12.4. The minimum atomic E-state index is 0.0205. The summed E-state index contributed by atoms with van der Waals surface area (Å²) in [6.07, 6.45) is 0. The molecule has 2 heterocycles. The summed E-state index contributed by atoms with van der Waals surface area (Å²) in [7, 11) is 0. The van der Waals surface area contributed by atoms with Gasteiger partial charge in [0.25, 0.3) is 5.91 Å². The van der Waals surface area contributed by atoms with Crippen LogP contribution >= 0.6 is 22.7 Å². The number of thiophene rings is 2. The van der Waals surface area contributed by atoms with Crippen molar-refractivity contribution in [1.29, 1.82) is 0 Å². The van der Waals surface area contributed by atoms with E-state index in [1.807, 2.05) is 44.4 Å². The molecule has 2 aromatic heterocycles. The van der Waals surface area contributed by atoms with Crippen LogP contribution in [-0.4, -0.2) is 5.91 Å². The van der Waals surface area contributed by atoms with Crippen LogP contribution < -0.4 is 5.32 Å². The first-order valence-corrected chi connectivity index (χ1v) is 7.19. The molecule has 2 nitrogen and oxygen atoms in total. The number of amides is 1. The van der Waals surface area contributed by atoms with Crippen molar-refractivity contribution in [2.75, 3.05) is 0 Å². The van der Waals surface area contributed by atoms with Gasteiger partial charge in [0.15, 0.2) is 0 Å². The van der Waals surface area contributed by atoms with Gasteiger partial charge in [0, 0.05) is 9.75 Å². The van der Waals surface area contributed by atoms with Crippen LogP contribution in [0.1, 0.15) is 38.0 Å². The highest BCUT2D eigenvalue weighted by atomic mass is 32.1. The molecular weight excluding hydrogens is 250 g/mol. The van der Waals surface area contributed by atoms with Crippen molar-refractivity contribution < 1.29 is 4.79 Å². The Hall–Kier alpha value is -1.13. The molecule has 0 radical (unpaired) electrons. The molecule has 0 aliphatic heterocycles. The van der Waals surface area contributed by atoms with Crippen molar-refractivity contribution in [3.05, 3.63) is 43.8 Å². The van der Waals surface area contributed by atoms with Gasteiger partial charge >= 0.3 is 0 Å². The zero-order valence-electron chi connectivity index (χ0n) is 10.1. The zero-order valence-corrected chi connectivity index (χ0v) is 11.7. The quantitative estimate of drug-likeness (QED) is 0.895. The highest BCUT2D eigenvalue weighted by molar-refractivity contribution is 7.14. The Labute approximate surface area is 109 Å². The predicted octanol–water partition coefficient (Wildman–Crippen LogP) is 3.92. The first kappa shape index (κ1) is 12.3. The number of rotatable bonds is 3. The van der Waals surface area contributed by atoms with E-state index in [0.717, 1.165) is 4.88 Å². The Bertz CT molecular complexity index is 494. The van der Waals surface area contributed by atoms with Gasteiger partial charge in [-0.2, -0.15) is 0 Å². The van der Waals surface area contributed by atoms with Gasteiger partial charge in [-0.3, -0.25) is 4.79 Å². The lowest BCUT2D eigenvalue weighted by Gasteiger charge is -2.10. The molecule has 90 valence electrons. The third-order valence-corrected chi connectivity index (χ3v) is 4.91. The molecule has 0 aromatic carbocycles. The molecule has 2 rings (SSSR count). The number of hydrogen-bond donors (Lipinski definition) is 1. The summed E-state index contributed by atoms with van der Waals surface area (Å²) in [5, 5.41) is 5.05. The highest BCUT2D eigenvalue weighted by Gasteiger charge is 2.14. The fraction of sp³-hybridized carbons (Fsp3) is 0.308. The number of aryl methyl sites for hydroxylation is 2. The van der Waals surface area contributed by atoms with E-state index < -0.39 is 0 Å². The highest BCUT2D eigenvalue weighted by Crippen LogP contribution is 2.23. The van der Waals surface area contributed by atoms with Crippen LogP contribution in [0.15, 0.2) is 23.6 Å². The third kappa shape index (κ3) is 2.76. The molecule has 1 unspecified atom stereocenters. The topological polar surface area (TPSA) is 29.1 Å². The largest absolute Gasteiger partial charge is 0.344 e. The molecule has 0 spiro atoms. The van der Waals surface area contributed by atoms with Crippen LogP contribution in [0.2, 0.25) is 0 Å². The van der Waals surface area contributed by atoms with E-state index in [-0.39, 0.29) is 11.9 Å². The molecule has 17 heavy (non-hydrogen) atoms. The monoisotopic (exact) mass is 265 g/mol. The molecule has 0 bridgehead atoms. The van der Waals surface area contributed by atoms with E-state index in [9.17, 15) is 4.79 Å². The van der Waals surface area contributed by atoms with Gasteiger partial charge in [-0.25, -0.2) is 0 Å². The summed E-state index contributed by atoms with van der Waals surface area (Å²) in [5.41, 5.74) is 1.18. The molecule has 1 amide bonds. The second kappa shape index (κ2) is 5.02. The van der Waals surface area contributed by atoms with Crippen molar-refractivity contribution in [3.63, 3.8) is 0 Å². The van der Waals surface area contributed by atoms with Crippen LogP contribution in [0.3, 0.4) is 0 Å². The van der Waals surface area contributed by atoms with Gasteiger partial charge < -0.3 is 5.32 Å². The first-order chi connectivity index (χ1) is 8.08. The van der Waals surface area contributed by atoms with Gasteiger partial charge in [0.1, 0.15) is 0 Å². The van der Waals surface area contributed by atoms with Crippen LogP contribution in [-0.2, 0) is 0 Å². The zero-order chi connectivity index (χ0) is 12.4. The fourth-order valence-electron chi connectivity index (χ4n) is 1.56. The number of carbonyl (C=O) groups is 1. The average molecular weight is 265 g/mol. The van der Waals surface area contributed by atoms with E-state index in [4.69, 9.17) is 0 Å². The third-order valence-electron chi connectivity index (χ3n) is 2.71. The first-order valence-electron chi connectivity index (χ1n) is 5.49. The second-order valence-electron chi connectivity index (χ2n) is 4.06. The SMILES string of the molecule is Cc1cc(C(=O)NC(C)c2cccs2)sc1C. The lowest BCUT2D eigenvalue weighted by atomic mass is 10.2. The Morgan fingerprint density at radius 2 is 2.18 bits per heavy atom. The Morgan fingerprint density at radius 3 is 2.71 bits per heavy atom. The van der Waals surface area contributed by atoms with E-state index in [1.54, 1.807) is 22.7 Å². The smallest absolute Gasteiger partial charge is 0.261 e. The van der Waals surface area contributed by atoms with Crippen LogP contribution in [0.5, 0.6) is 0 Å². The minimum absolute atomic E-state index is 0.0205. The molecule has 0 aliphatic rings. The van der Waals surface area contributed by atoms with Crippen molar-refractivity contribution >= 4 is 28.6 Å². The molecule has 0 saturated heterocycles. The van der Waals surface area contributed by atoms with E-state index in [0.29, 0.717) is 0 Å². The fourth-order valence-corrected chi connectivity index (χ4v) is 3.23. The van der Waals surface area contributed by atoms with Crippen molar-refractivity contribution in [3.8, 4) is 0 Å². The lowest BCUT2D eigenvalue weighted by molar-refractivity contribution is 0.0944. The van der Waals surface area contributed by atoms with Gasteiger partial charge in [-0.1, -0.05) is 6.07 Å². The summed E-state index contributed by atoms with van der Waals surface area (Å²) in [6, 6.07) is 6.07. The summed E-state index contributed by atoms with van der Waals surface area (Å²) in [6.45, 7) is 6.09. The lowest BCUT2D eigenvalue weighted by Crippen LogP contribution is -2.25. The Morgan fingerprint density at radius 1 is 1.41 bits per heavy atom. The predicted molar refractivity (Wildman–Crippen MR) is 74.0 cm³/mol. The maximum absolute atomic E-state index is 12.0. The minimum Gasteiger partial charge on any atom is -0.344 e. The Balaban J connectivity index is 2.07. The molecule has 0 fully saturated rings. The maximum Gasteiger partial charge on any atom is 0.261 e. The maximum atomic E-state index is 12.0. The molecule has 0 saturated carbocycles. The molecular formula is C13H15NOS2. The van der Waals surface area contributed by atoms with Crippen LogP contribution in [0, 0.1) is 13.8 Å². The molecule has 1 atom stereocenters. The van der Waals surface area contributed by atoms with Crippen molar-refractivity contribution in [1.82, 2.24) is 5.32 Å². The second-order valence-corrected chi connectivity index (χ2v) is 6.30. The van der Waals surface area contributed by atoms with Gasteiger partial charge in [-0.05, 0) is 43.8 Å². The Kier molecular flexibility index (Phi) is 3.64. The molecule has 2 aromatic rings. The van der Waals surface area contributed by atoms with Gasteiger partial charge in [0.2, 0.25) is 0 Å². The molecule has 0 aliphatic carbocycles. The number of hydrogen-bond acceptors (Lipinski definition) is 3. The van der Waals surface area contributed by atoms with E-state index >= 15 is 0 Å². The van der Waals surface area contributed by atoms with Crippen LogP contribution in [0.25, 0.3) is 0 Å². The average Bonchev–Trinajstić information content (AvgIpc) is 2.89. The van der Waals surface area contributed by atoms with E-state index in [1.165, 1.54) is 15.3 Å².